The average Bonchev–Trinajstić information content (AvgIpc) is 2.63. The van der Waals surface area contributed by atoms with E-state index in [-0.39, 0.29) is 6.04 Å². The van der Waals surface area contributed by atoms with Crippen molar-refractivity contribution < 1.29 is 9.15 Å². The highest BCUT2D eigenvalue weighted by Gasteiger charge is 2.12. The Hall–Kier alpha value is -1.03. The zero-order chi connectivity index (χ0) is 10.8. The lowest BCUT2D eigenvalue weighted by Crippen LogP contribution is -2.14. The molecule has 4 heteroatoms. The monoisotopic (exact) mass is 225 g/mol. The van der Waals surface area contributed by atoms with Crippen molar-refractivity contribution >= 4 is 22.6 Å². The van der Waals surface area contributed by atoms with Gasteiger partial charge in [0.25, 0.3) is 0 Å². The molecular formula is C11H12ClNO2. The largest absolute Gasteiger partial charge is 0.458 e. The van der Waals surface area contributed by atoms with Gasteiger partial charge in [0.1, 0.15) is 5.76 Å². The Morgan fingerprint density at radius 1 is 1.53 bits per heavy atom. The Kier molecular flexibility index (Phi) is 2.95. The fourth-order valence-electron chi connectivity index (χ4n) is 1.49. The number of methoxy groups -OCH3 is 1. The molecule has 0 bridgehead atoms. The number of ether oxygens (including phenoxy) is 1. The first kappa shape index (κ1) is 10.5. The van der Waals surface area contributed by atoms with Crippen LogP contribution in [0.4, 0.5) is 0 Å². The minimum Gasteiger partial charge on any atom is -0.458 e. The molecule has 0 aliphatic heterocycles. The molecule has 0 fully saturated rings. The van der Waals surface area contributed by atoms with E-state index in [1.54, 1.807) is 13.2 Å². The number of benzene rings is 1. The molecular weight excluding hydrogens is 214 g/mol. The molecule has 1 unspecified atom stereocenters. The SMILES string of the molecule is COCC(N)c1cc2cccc(Cl)c2o1. The summed E-state index contributed by atoms with van der Waals surface area (Å²) in [6.07, 6.45) is 0. The van der Waals surface area contributed by atoms with Crippen molar-refractivity contribution in [3.8, 4) is 0 Å². The Balaban J connectivity index is 2.43. The van der Waals surface area contributed by atoms with Crippen LogP contribution in [0.1, 0.15) is 11.8 Å². The number of para-hydroxylation sites is 1. The van der Waals surface area contributed by atoms with Crippen LogP contribution in [0, 0.1) is 0 Å². The number of halogens is 1. The first-order valence-corrected chi connectivity index (χ1v) is 5.02. The third kappa shape index (κ3) is 2.00. The van der Waals surface area contributed by atoms with E-state index in [0.717, 1.165) is 5.39 Å². The van der Waals surface area contributed by atoms with Crippen molar-refractivity contribution in [3.05, 3.63) is 35.0 Å². The van der Waals surface area contributed by atoms with Gasteiger partial charge in [-0.25, -0.2) is 0 Å². The van der Waals surface area contributed by atoms with Gasteiger partial charge >= 0.3 is 0 Å². The Morgan fingerprint density at radius 2 is 2.33 bits per heavy atom. The topological polar surface area (TPSA) is 48.4 Å². The van der Waals surface area contributed by atoms with Crippen LogP contribution in [0.25, 0.3) is 11.0 Å². The Labute approximate surface area is 92.8 Å². The van der Waals surface area contributed by atoms with Gasteiger partial charge in [-0.05, 0) is 12.1 Å². The number of nitrogens with two attached hydrogens (primary N) is 1. The molecule has 1 heterocycles. The van der Waals surface area contributed by atoms with Gasteiger partial charge in [0.15, 0.2) is 5.58 Å². The van der Waals surface area contributed by atoms with Crippen molar-refractivity contribution in [3.63, 3.8) is 0 Å². The van der Waals surface area contributed by atoms with Gasteiger partial charge in [0, 0.05) is 12.5 Å². The highest BCUT2D eigenvalue weighted by molar-refractivity contribution is 6.34. The molecule has 0 radical (unpaired) electrons. The van der Waals surface area contributed by atoms with Gasteiger partial charge in [-0.15, -0.1) is 0 Å². The molecule has 0 amide bonds. The molecule has 0 spiro atoms. The van der Waals surface area contributed by atoms with E-state index in [0.29, 0.717) is 23.0 Å². The second-order valence-electron chi connectivity index (χ2n) is 3.37. The first-order valence-electron chi connectivity index (χ1n) is 4.65. The summed E-state index contributed by atoms with van der Waals surface area (Å²) in [7, 11) is 1.61. The van der Waals surface area contributed by atoms with E-state index in [1.807, 2.05) is 18.2 Å². The maximum Gasteiger partial charge on any atom is 0.152 e. The maximum atomic E-state index is 5.99. The number of fused-ring (bicyclic) bond motifs is 1. The van der Waals surface area contributed by atoms with Crippen LogP contribution < -0.4 is 5.73 Å². The summed E-state index contributed by atoms with van der Waals surface area (Å²) in [5.41, 5.74) is 6.54. The standard InChI is InChI=1S/C11H12ClNO2/c1-14-6-9(13)10-5-7-3-2-4-8(12)11(7)15-10/h2-5,9H,6,13H2,1H3. The van der Waals surface area contributed by atoms with Crippen molar-refractivity contribution in [2.24, 2.45) is 5.73 Å². The molecule has 2 rings (SSSR count). The van der Waals surface area contributed by atoms with Crippen molar-refractivity contribution in [2.75, 3.05) is 13.7 Å². The van der Waals surface area contributed by atoms with Crippen molar-refractivity contribution in [1.82, 2.24) is 0 Å². The van der Waals surface area contributed by atoms with Crippen LogP contribution in [-0.2, 0) is 4.74 Å². The van der Waals surface area contributed by atoms with E-state index in [9.17, 15) is 0 Å². The zero-order valence-electron chi connectivity index (χ0n) is 8.37. The molecule has 0 aliphatic carbocycles. The summed E-state index contributed by atoms with van der Waals surface area (Å²) >= 11 is 5.99. The van der Waals surface area contributed by atoms with Crippen molar-refractivity contribution in [1.29, 1.82) is 0 Å². The second kappa shape index (κ2) is 4.23. The van der Waals surface area contributed by atoms with Crippen LogP contribution in [0.5, 0.6) is 0 Å². The zero-order valence-corrected chi connectivity index (χ0v) is 9.12. The molecule has 1 aromatic carbocycles. The minimum absolute atomic E-state index is 0.251. The Bertz CT molecular complexity index is 467. The fourth-order valence-corrected chi connectivity index (χ4v) is 1.71. The van der Waals surface area contributed by atoms with Crippen LogP contribution >= 0.6 is 11.6 Å². The molecule has 2 aromatic rings. The van der Waals surface area contributed by atoms with E-state index in [4.69, 9.17) is 26.5 Å². The van der Waals surface area contributed by atoms with Gasteiger partial charge < -0.3 is 14.9 Å². The van der Waals surface area contributed by atoms with Gasteiger partial charge in [-0.1, -0.05) is 23.7 Å². The fraction of sp³-hybridized carbons (Fsp3) is 0.273. The summed E-state index contributed by atoms with van der Waals surface area (Å²) in [6, 6.07) is 7.25. The smallest absolute Gasteiger partial charge is 0.152 e. The lowest BCUT2D eigenvalue weighted by molar-refractivity contribution is 0.173. The van der Waals surface area contributed by atoms with Gasteiger partial charge in [0.2, 0.25) is 0 Å². The van der Waals surface area contributed by atoms with E-state index >= 15 is 0 Å². The molecule has 0 saturated heterocycles. The maximum absolute atomic E-state index is 5.99. The third-order valence-electron chi connectivity index (χ3n) is 2.23. The lowest BCUT2D eigenvalue weighted by Gasteiger charge is -2.05. The van der Waals surface area contributed by atoms with Gasteiger partial charge in [-0.3, -0.25) is 0 Å². The van der Waals surface area contributed by atoms with Crippen LogP contribution in [-0.4, -0.2) is 13.7 Å². The van der Waals surface area contributed by atoms with E-state index in [1.165, 1.54) is 0 Å². The Morgan fingerprint density at radius 3 is 3.00 bits per heavy atom. The predicted molar refractivity (Wildman–Crippen MR) is 60.0 cm³/mol. The molecule has 1 aromatic heterocycles. The highest BCUT2D eigenvalue weighted by Crippen LogP contribution is 2.28. The van der Waals surface area contributed by atoms with Crippen LogP contribution in [0.2, 0.25) is 5.02 Å². The van der Waals surface area contributed by atoms with Crippen molar-refractivity contribution in [2.45, 2.75) is 6.04 Å². The van der Waals surface area contributed by atoms with Gasteiger partial charge in [-0.2, -0.15) is 0 Å². The number of hydrogen-bond acceptors (Lipinski definition) is 3. The molecule has 3 nitrogen and oxygen atoms in total. The number of hydrogen-bond donors (Lipinski definition) is 1. The second-order valence-corrected chi connectivity index (χ2v) is 3.78. The minimum atomic E-state index is -0.251. The summed E-state index contributed by atoms with van der Waals surface area (Å²) in [5, 5.41) is 1.56. The number of rotatable bonds is 3. The molecule has 2 N–H and O–H groups in total. The van der Waals surface area contributed by atoms with Crippen LogP contribution in [0.3, 0.4) is 0 Å². The highest BCUT2D eigenvalue weighted by atomic mass is 35.5. The molecule has 15 heavy (non-hydrogen) atoms. The predicted octanol–water partition coefficient (Wildman–Crippen LogP) is 2.73. The summed E-state index contributed by atoms with van der Waals surface area (Å²) < 4.78 is 10.5. The van der Waals surface area contributed by atoms with E-state index < -0.39 is 0 Å². The normalized spacial score (nSPS) is 13.3. The first-order chi connectivity index (χ1) is 7.22. The summed E-state index contributed by atoms with van der Waals surface area (Å²) in [6.45, 7) is 0.428. The molecule has 1 atom stereocenters. The average molecular weight is 226 g/mol. The van der Waals surface area contributed by atoms with Gasteiger partial charge in [0.05, 0.1) is 17.7 Å². The summed E-state index contributed by atoms with van der Waals surface area (Å²) in [4.78, 5) is 0. The third-order valence-corrected chi connectivity index (χ3v) is 2.52. The molecule has 0 saturated carbocycles. The summed E-state index contributed by atoms with van der Waals surface area (Å²) in [5.74, 6) is 0.694. The molecule has 0 aliphatic rings. The quantitative estimate of drug-likeness (QED) is 0.874. The number of furan rings is 1. The molecule has 80 valence electrons. The lowest BCUT2D eigenvalue weighted by atomic mass is 10.2. The van der Waals surface area contributed by atoms with E-state index in [2.05, 4.69) is 0 Å². The van der Waals surface area contributed by atoms with Crippen LogP contribution in [0.15, 0.2) is 28.7 Å².